The van der Waals surface area contributed by atoms with E-state index in [1.807, 2.05) is 13.8 Å². The Morgan fingerprint density at radius 1 is 1.25 bits per heavy atom. The fraction of sp³-hybridized carbons (Fsp3) is 0.318. The molecule has 1 aliphatic rings. The van der Waals surface area contributed by atoms with Gasteiger partial charge in [-0.15, -0.1) is 0 Å². The molecule has 3 rings (SSSR count). The number of amides is 1. The number of fused-ring (bicyclic) bond motifs is 1. The number of ether oxygens (including phenoxy) is 3. The molecule has 148 valence electrons. The minimum Gasteiger partial charge on any atom is -0.493 e. The van der Waals surface area contributed by atoms with E-state index in [9.17, 15) is 9.18 Å². The Morgan fingerprint density at radius 3 is 2.75 bits per heavy atom. The van der Waals surface area contributed by atoms with Crippen molar-refractivity contribution in [3.05, 3.63) is 59.4 Å². The molecule has 0 radical (unpaired) electrons. The van der Waals surface area contributed by atoms with Gasteiger partial charge < -0.3 is 19.5 Å². The lowest BCUT2D eigenvalue weighted by molar-refractivity contribution is -0.116. The van der Waals surface area contributed by atoms with Crippen molar-refractivity contribution in [2.45, 2.75) is 19.3 Å². The molecule has 5 nitrogen and oxygen atoms in total. The van der Waals surface area contributed by atoms with Crippen LogP contribution in [0.3, 0.4) is 0 Å². The maximum absolute atomic E-state index is 14.0. The summed E-state index contributed by atoms with van der Waals surface area (Å²) in [5.74, 6) is 1.17. The second kappa shape index (κ2) is 8.33. The molecule has 2 aromatic rings. The summed E-state index contributed by atoms with van der Waals surface area (Å²) in [4.78, 5) is 12.2. The highest BCUT2D eigenvalue weighted by atomic mass is 19.1. The van der Waals surface area contributed by atoms with Crippen LogP contribution in [0, 0.1) is 5.82 Å². The van der Waals surface area contributed by atoms with Crippen molar-refractivity contribution in [2.75, 3.05) is 26.9 Å². The lowest BCUT2D eigenvalue weighted by atomic mass is 9.84. The number of methoxy groups -OCH3 is 1. The SMILES string of the molecule is COc1cc(/C=C/C(=O)NCC(C)(C)c2ccccc2F)cc2c1OCCO2. The quantitative estimate of drug-likeness (QED) is 0.770. The van der Waals surface area contributed by atoms with Crippen LogP contribution in [0.4, 0.5) is 4.39 Å². The highest BCUT2D eigenvalue weighted by Gasteiger charge is 2.24. The first-order valence-corrected chi connectivity index (χ1v) is 9.09. The number of carbonyl (C=O) groups excluding carboxylic acids is 1. The number of benzene rings is 2. The van der Waals surface area contributed by atoms with E-state index in [4.69, 9.17) is 14.2 Å². The first-order valence-electron chi connectivity index (χ1n) is 9.09. The zero-order valence-corrected chi connectivity index (χ0v) is 16.3. The maximum Gasteiger partial charge on any atom is 0.244 e. The first-order chi connectivity index (χ1) is 13.4. The first kappa shape index (κ1) is 19.7. The van der Waals surface area contributed by atoms with Crippen molar-refractivity contribution in [2.24, 2.45) is 0 Å². The largest absolute Gasteiger partial charge is 0.493 e. The minimum atomic E-state index is -0.533. The van der Waals surface area contributed by atoms with E-state index in [1.54, 1.807) is 43.5 Å². The number of hydrogen-bond acceptors (Lipinski definition) is 4. The molecule has 0 unspecified atom stereocenters. The van der Waals surface area contributed by atoms with E-state index in [0.717, 1.165) is 5.56 Å². The molecule has 0 spiro atoms. The van der Waals surface area contributed by atoms with Crippen LogP contribution in [0.25, 0.3) is 6.08 Å². The van der Waals surface area contributed by atoms with Crippen molar-refractivity contribution in [3.63, 3.8) is 0 Å². The van der Waals surface area contributed by atoms with Crippen LogP contribution in [-0.4, -0.2) is 32.8 Å². The van der Waals surface area contributed by atoms with E-state index < -0.39 is 5.41 Å². The molecule has 0 bridgehead atoms. The van der Waals surface area contributed by atoms with E-state index in [1.165, 1.54) is 12.1 Å². The Bertz CT molecular complexity index is 875. The lowest BCUT2D eigenvalue weighted by Crippen LogP contribution is -2.36. The summed E-state index contributed by atoms with van der Waals surface area (Å²) in [6.07, 6.45) is 3.11. The van der Waals surface area contributed by atoms with Crippen molar-refractivity contribution in [1.82, 2.24) is 5.32 Å². The molecule has 0 fully saturated rings. The normalized spacial score (nSPS) is 13.4. The van der Waals surface area contributed by atoms with E-state index in [0.29, 0.717) is 42.6 Å². The van der Waals surface area contributed by atoms with Gasteiger partial charge in [0.05, 0.1) is 7.11 Å². The average molecular weight is 385 g/mol. The second-order valence-corrected chi connectivity index (χ2v) is 7.16. The summed E-state index contributed by atoms with van der Waals surface area (Å²) >= 11 is 0. The van der Waals surface area contributed by atoms with Crippen LogP contribution in [0.5, 0.6) is 17.2 Å². The molecule has 1 heterocycles. The zero-order valence-electron chi connectivity index (χ0n) is 16.3. The third kappa shape index (κ3) is 4.44. The Labute approximate surface area is 164 Å². The van der Waals surface area contributed by atoms with Gasteiger partial charge in [0.25, 0.3) is 0 Å². The van der Waals surface area contributed by atoms with E-state index in [2.05, 4.69) is 5.32 Å². The number of carbonyl (C=O) groups is 1. The van der Waals surface area contributed by atoms with Gasteiger partial charge in [0, 0.05) is 18.0 Å². The summed E-state index contributed by atoms with van der Waals surface area (Å²) in [6, 6.07) is 10.2. The van der Waals surface area contributed by atoms with Gasteiger partial charge in [-0.05, 0) is 35.4 Å². The lowest BCUT2D eigenvalue weighted by Gasteiger charge is -2.25. The molecule has 0 saturated heterocycles. The standard InChI is InChI=1S/C22H24FNO4/c1-22(2,16-6-4-5-7-17(16)23)14-24-20(25)9-8-15-12-18(26-3)21-19(13-15)27-10-11-28-21/h4-9,12-13H,10-11,14H2,1-3H3,(H,24,25)/b9-8+. The van der Waals surface area contributed by atoms with Crippen molar-refractivity contribution < 1.29 is 23.4 Å². The van der Waals surface area contributed by atoms with Gasteiger partial charge in [0.1, 0.15) is 19.0 Å². The molecule has 2 aromatic carbocycles. The van der Waals surface area contributed by atoms with Crippen molar-refractivity contribution in [3.8, 4) is 17.2 Å². The third-order valence-electron chi connectivity index (χ3n) is 4.59. The molecular weight excluding hydrogens is 361 g/mol. The summed E-state index contributed by atoms with van der Waals surface area (Å²) in [6.45, 7) is 5.03. The minimum absolute atomic E-state index is 0.265. The third-order valence-corrected chi connectivity index (χ3v) is 4.59. The molecule has 28 heavy (non-hydrogen) atoms. The van der Waals surface area contributed by atoms with Gasteiger partial charge >= 0.3 is 0 Å². The molecule has 0 atom stereocenters. The Morgan fingerprint density at radius 2 is 2.00 bits per heavy atom. The topological polar surface area (TPSA) is 56.8 Å². The zero-order chi connectivity index (χ0) is 20.1. The number of nitrogens with one attached hydrogen (secondary N) is 1. The van der Waals surface area contributed by atoms with Crippen LogP contribution in [0.15, 0.2) is 42.5 Å². The van der Waals surface area contributed by atoms with Crippen molar-refractivity contribution >= 4 is 12.0 Å². The Hall–Kier alpha value is -3.02. The molecule has 6 heteroatoms. The highest BCUT2D eigenvalue weighted by Crippen LogP contribution is 2.40. The second-order valence-electron chi connectivity index (χ2n) is 7.16. The predicted octanol–water partition coefficient (Wildman–Crippen LogP) is 3.71. The summed E-state index contributed by atoms with van der Waals surface area (Å²) in [5.41, 5.74) is 0.787. The number of rotatable bonds is 6. The smallest absolute Gasteiger partial charge is 0.244 e. The predicted molar refractivity (Wildman–Crippen MR) is 105 cm³/mol. The van der Waals surface area contributed by atoms with Crippen molar-refractivity contribution in [1.29, 1.82) is 0 Å². The van der Waals surface area contributed by atoms with Crippen LogP contribution < -0.4 is 19.5 Å². The van der Waals surface area contributed by atoms with E-state index >= 15 is 0 Å². The average Bonchev–Trinajstić information content (AvgIpc) is 2.70. The summed E-state index contributed by atoms with van der Waals surface area (Å²) < 4.78 is 30.5. The Balaban J connectivity index is 1.66. The van der Waals surface area contributed by atoms with Crippen LogP contribution >= 0.6 is 0 Å². The molecule has 1 N–H and O–H groups in total. The van der Waals surface area contributed by atoms with Gasteiger partial charge in [-0.2, -0.15) is 0 Å². The van der Waals surface area contributed by atoms with Gasteiger partial charge in [0.2, 0.25) is 11.7 Å². The van der Waals surface area contributed by atoms with Gasteiger partial charge in [-0.25, -0.2) is 4.39 Å². The fourth-order valence-corrected chi connectivity index (χ4v) is 3.03. The number of halogens is 1. The molecule has 1 aliphatic heterocycles. The molecular formula is C22H24FNO4. The van der Waals surface area contributed by atoms with Crippen LogP contribution in [0.1, 0.15) is 25.0 Å². The number of hydrogen-bond donors (Lipinski definition) is 1. The maximum atomic E-state index is 14.0. The van der Waals surface area contributed by atoms with Gasteiger partial charge in [-0.1, -0.05) is 32.0 Å². The summed E-state index contributed by atoms with van der Waals surface area (Å²) in [7, 11) is 1.55. The molecule has 0 saturated carbocycles. The van der Waals surface area contributed by atoms with E-state index in [-0.39, 0.29) is 11.7 Å². The van der Waals surface area contributed by atoms with Crippen LogP contribution in [-0.2, 0) is 10.2 Å². The van der Waals surface area contributed by atoms with Crippen LogP contribution in [0.2, 0.25) is 0 Å². The Kier molecular flexibility index (Phi) is 5.87. The highest BCUT2D eigenvalue weighted by molar-refractivity contribution is 5.92. The summed E-state index contributed by atoms with van der Waals surface area (Å²) in [5, 5.41) is 2.83. The van der Waals surface area contributed by atoms with Gasteiger partial charge in [0.15, 0.2) is 11.5 Å². The fourth-order valence-electron chi connectivity index (χ4n) is 3.03. The molecule has 0 aliphatic carbocycles. The van der Waals surface area contributed by atoms with Gasteiger partial charge in [-0.3, -0.25) is 4.79 Å². The monoisotopic (exact) mass is 385 g/mol. The molecule has 1 amide bonds. The molecule has 0 aromatic heterocycles.